The number of rotatable bonds is 5. The Morgan fingerprint density at radius 3 is 2.94 bits per heavy atom. The van der Waals surface area contributed by atoms with E-state index in [4.69, 9.17) is 4.74 Å². The van der Waals surface area contributed by atoms with Crippen LogP contribution in [0, 0.1) is 0 Å². The lowest BCUT2D eigenvalue weighted by atomic mass is 9.90. The summed E-state index contributed by atoms with van der Waals surface area (Å²) in [5.74, 6) is 2.08. The van der Waals surface area contributed by atoms with Crippen LogP contribution in [0.25, 0.3) is 0 Å². The Kier molecular flexibility index (Phi) is 4.70. The van der Waals surface area contributed by atoms with Crippen LogP contribution in [0.4, 0.5) is 0 Å². The minimum atomic E-state index is 0.262. The molecule has 1 aromatic carbocycles. The van der Waals surface area contributed by atoms with Gasteiger partial charge in [-0.15, -0.1) is 0 Å². The average molecular weight is 264 g/mol. The Bertz CT molecular complexity index is 427. The van der Waals surface area contributed by atoms with Gasteiger partial charge in [0, 0.05) is 17.7 Å². The summed E-state index contributed by atoms with van der Waals surface area (Å²) in [6, 6.07) is 5.94. The van der Waals surface area contributed by atoms with E-state index in [-0.39, 0.29) is 5.78 Å². The maximum atomic E-state index is 11.8. The number of fused-ring (bicyclic) bond motifs is 1. The van der Waals surface area contributed by atoms with E-state index in [1.165, 1.54) is 5.56 Å². The Hall–Kier alpha value is -0.960. The second-order valence-electron chi connectivity index (χ2n) is 4.86. The zero-order valence-corrected chi connectivity index (χ0v) is 11.9. The van der Waals surface area contributed by atoms with Crippen molar-refractivity contribution in [2.45, 2.75) is 38.4 Å². The van der Waals surface area contributed by atoms with E-state index in [9.17, 15) is 4.79 Å². The van der Waals surface area contributed by atoms with Crippen molar-refractivity contribution in [2.24, 2.45) is 0 Å². The Morgan fingerprint density at radius 1 is 1.33 bits per heavy atom. The Labute approximate surface area is 113 Å². The van der Waals surface area contributed by atoms with Gasteiger partial charge in [-0.1, -0.05) is 19.9 Å². The van der Waals surface area contributed by atoms with Crippen molar-refractivity contribution in [3.63, 3.8) is 0 Å². The third kappa shape index (κ3) is 3.52. The maximum Gasteiger partial charge on any atom is 0.163 e. The molecule has 3 heteroatoms. The van der Waals surface area contributed by atoms with Crippen LogP contribution >= 0.6 is 11.8 Å². The smallest absolute Gasteiger partial charge is 0.163 e. The molecule has 1 aliphatic carbocycles. The van der Waals surface area contributed by atoms with Gasteiger partial charge in [0.25, 0.3) is 0 Å². The number of ether oxygens (including phenoxy) is 1. The fraction of sp³-hybridized carbons (Fsp3) is 0.533. The molecule has 0 N–H and O–H groups in total. The van der Waals surface area contributed by atoms with Gasteiger partial charge < -0.3 is 4.74 Å². The van der Waals surface area contributed by atoms with Gasteiger partial charge in [-0.05, 0) is 35.8 Å². The third-order valence-electron chi connectivity index (χ3n) is 3.03. The lowest BCUT2D eigenvalue weighted by molar-refractivity contribution is 0.0972. The molecule has 1 aromatic rings. The molecular weight excluding hydrogens is 244 g/mol. The fourth-order valence-corrected chi connectivity index (χ4v) is 2.79. The van der Waals surface area contributed by atoms with E-state index in [1.54, 1.807) is 0 Å². The van der Waals surface area contributed by atoms with Crippen LogP contribution in [-0.4, -0.2) is 23.4 Å². The molecule has 0 aliphatic heterocycles. The second-order valence-corrected chi connectivity index (χ2v) is 6.55. The van der Waals surface area contributed by atoms with Crippen molar-refractivity contribution < 1.29 is 9.53 Å². The number of thioether (sulfide) groups is 1. The SMILES string of the molecule is CC(C)SCCOc1ccc2c(c1)C(=O)CCC2. The lowest BCUT2D eigenvalue weighted by Gasteiger charge is -2.16. The summed E-state index contributed by atoms with van der Waals surface area (Å²) in [5, 5.41) is 0.638. The van der Waals surface area contributed by atoms with Gasteiger partial charge in [0.2, 0.25) is 0 Å². The first-order valence-electron chi connectivity index (χ1n) is 6.57. The van der Waals surface area contributed by atoms with Gasteiger partial charge in [-0.3, -0.25) is 4.79 Å². The van der Waals surface area contributed by atoms with Gasteiger partial charge in [0.05, 0.1) is 6.61 Å². The molecule has 0 bridgehead atoms. The van der Waals surface area contributed by atoms with E-state index < -0.39 is 0 Å². The molecule has 2 nitrogen and oxygen atoms in total. The quantitative estimate of drug-likeness (QED) is 0.758. The predicted molar refractivity (Wildman–Crippen MR) is 76.8 cm³/mol. The molecule has 0 saturated carbocycles. The minimum Gasteiger partial charge on any atom is -0.493 e. The molecule has 1 aliphatic rings. The van der Waals surface area contributed by atoms with Crippen LogP contribution in [0.2, 0.25) is 0 Å². The van der Waals surface area contributed by atoms with Crippen LogP contribution in [0.1, 0.15) is 42.6 Å². The standard InChI is InChI=1S/C15H20O2S/c1-11(2)18-9-8-17-13-7-6-12-4-3-5-15(16)14(12)10-13/h6-7,10-11H,3-5,8-9H2,1-2H3. The first-order valence-corrected chi connectivity index (χ1v) is 7.62. The molecule has 0 unspecified atom stereocenters. The maximum absolute atomic E-state index is 11.8. The minimum absolute atomic E-state index is 0.262. The van der Waals surface area contributed by atoms with Gasteiger partial charge in [-0.2, -0.15) is 11.8 Å². The zero-order chi connectivity index (χ0) is 13.0. The van der Waals surface area contributed by atoms with Crippen LogP contribution < -0.4 is 4.74 Å². The fourth-order valence-electron chi connectivity index (χ4n) is 2.14. The summed E-state index contributed by atoms with van der Waals surface area (Å²) in [5.41, 5.74) is 2.05. The summed E-state index contributed by atoms with van der Waals surface area (Å²) in [4.78, 5) is 11.8. The molecule has 0 atom stereocenters. The van der Waals surface area contributed by atoms with Gasteiger partial charge in [0.15, 0.2) is 5.78 Å². The molecular formula is C15H20O2S. The van der Waals surface area contributed by atoms with E-state index >= 15 is 0 Å². The molecule has 18 heavy (non-hydrogen) atoms. The highest BCUT2D eigenvalue weighted by Crippen LogP contribution is 2.25. The molecule has 0 heterocycles. The topological polar surface area (TPSA) is 26.3 Å². The van der Waals surface area contributed by atoms with E-state index in [2.05, 4.69) is 13.8 Å². The number of carbonyl (C=O) groups is 1. The summed E-state index contributed by atoms with van der Waals surface area (Å²) >= 11 is 1.89. The molecule has 0 radical (unpaired) electrons. The molecule has 0 aromatic heterocycles. The van der Waals surface area contributed by atoms with E-state index in [0.717, 1.165) is 29.9 Å². The first-order chi connectivity index (χ1) is 8.66. The molecule has 0 amide bonds. The van der Waals surface area contributed by atoms with Crippen LogP contribution in [0.15, 0.2) is 18.2 Å². The third-order valence-corrected chi connectivity index (χ3v) is 4.10. The summed E-state index contributed by atoms with van der Waals surface area (Å²) < 4.78 is 5.70. The highest BCUT2D eigenvalue weighted by Gasteiger charge is 2.17. The summed E-state index contributed by atoms with van der Waals surface area (Å²) in [7, 11) is 0. The van der Waals surface area contributed by atoms with Crippen molar-refractivity contribution >= 4 is 17.5 Å². The van der Waals surface area contributed by atoms with Crippen LogP contribution in [0.3, 0.4) is 0 Å². The number of aryl methyl sites for hydroxylation is 1. The van der Waals surface area contributed by atoms with E-state index in [1.807, 2.05) is 30.0 Å². The summed E-state index contributed by atoms with van der Waals surface area (Å²) in [6.45, 7) is 5.07. The molecule has 2 rings (SSSR count). The number of Topliss-reactive ketones (excluding diaryl/α,β-unsaturated/α-hetero) is 1. The highest BCUT2D eigenvalue weighted by molar-refractivity contribution is 7.99. The number of ketones is 1. The molecule has 0 fully saturated rings. The molecule has 98 valence electrons. The first kappa shape index (κ1) is 13.5. The number of hydrogen-bond acceptors (Lipinski definition) is 3. The number of hydrogen-bond donors (Lipinski definition) is 0. The number of carbonyl (C=O) groups excluding carboxylic acids is 1. The van der Waals surface area contributed by atoms with Crippen molar-refractivity contribution in [3.05, 3.63) is 29.3 Å². The van der Waals surface area contributed by atoms with Crippen molar-refractivity contribution in [1.29, 1.82) is 0 Å². The average Bonchev–Trinajstić information content (AvgIpc) is 2.35. The van der Waals surface area contributed by atoms with Crippen LogP contribution in [-0.2, 0) is 6.42 Å². The lowest BCUT2D eigenvalue weighted by Crippen LogP contribution is -2.11. The van der Waals surface area contributed by atoms with Crippen LogP contribution in [0.5, 0.6) is 5.75 Å². The van der Waals surface area contributed by atoms with Crippen molar-refractivity contribution in [3.8, 4) is 5.75 Å². The Morgan fingerprint density at radius 2 is 2.17 bits per heavy atom. The monoisotopic (exact) mass is 264 g/mol. The van der Waals surface area contributed by atoms with Crippen molar-refractivity contribution in [2.75, 3.05) is 12.4 Å². The number of benzene rings is 1. The van der Waals surface area contributed by atoms with Crippen molar-refractivity contribution in [1.82, 2.24) is 0 Å². The predicted octanol–water partition coefficient (Wildman–Crippen LogP) is 3.73. The second kappa shape index (κ2) is 6.28. The largest absolute Gasteiger partial charge is 0.493 e. The van der Waals surface area contributed by atoms with Gasteiger partial charge in [0.1, 0.15) is 5.75 Å². The van der Waals surface area contributed by atoms with E-state index in [0.29, 0.717) is 18.3 Å². The zero-order valence-electron chi connectivity index (χ0n) is 11.1. The Balaban J connectivity index is 1.94. The van der Waals surface area contributed by atoms with Gasteiger partial charge >= 0.3 is 0 Å². The highest BCUT2D eigenvalue weighted by atomic mass is 32.2. The van der Waals surface area contributed by atoms with Gasteiger partial charge in [-0.25, -0.2) is 0 Å². The summed E-state index contributed by atoms with van der Waals surface area (Å²) in [6.07, 6.45) is 2.68. The molecule has 0 spiro atoms. The molecule has 0 saturated heterocycles. The normalized spacial score (nSPS) is 14.7.